The van der Waals surface area contributed by atoms with Crippen molar-refractivity contribution in [2.24, 2.45) is 5.73 Å². The molecular weight excluding hydrogens is 266 g/mol. The highest BCUT2D eigenvalue weighted by Crippen LogP contribution is 2.04. The predicted molar refractivity (Wildman–Crippen MR) is 80.5 cm³/mol. The van der Waals surface area contributed by atoms with Crippen LogP contribution in [0.3, 0.4) is 0 Å². The number of hydrogen-bond donors (Lipinski definition) is 3. The van der Waals surface area contributed by atoms with Gasteiger partial charge >= 0.3 is 0 Å². The number of rotatable bonds is 8. The summed E-state index contributed by atoms with van der Waals surface area (Å²) in [6, 6.07) is 9.58. The fourth-order valence-corrected chi connectivity index (χ4v) is 2.05. The smallest absolute Gasteiger partial charge is 0.236 e. The Morgan fingerprint density at radius 3 is 2.81 bits per heavy atom. The summed E-state index contributed by atoms with van der Waals surface area (Å²) in [5.74, 6) is 0.737. The van der Waals surface area contributed by atoms with Crippen molar-refractivity contribution in [1.29, 1.82) is 0 Å². The van der Waals surface area contributed by atoms with Crippen molar-refractivity contribution < 1.29 is 4.79 Å². The number of aromatic amines is 1. The fraction of sp³-hybridized carbons (Fsp3) is 0.400. The SMILES string of the molecule is N[C@@H](CCc1ccccc1)C(=O)NCCCc1ncn[nH]1. The molecule has 0 radical (unpaired) electrons. The molecule has 6 heteroatoms. The summed E-state index contributed by atoms with van der Waals surface area (Å²) in [7, 11) is 0. The number of aromatic nitrogens is 3. The zero-order valence-electron chi connectivity index (χ0n) is 12.0. The van der Waals surface area contributed by atoms with Crippen molar-refractivity contribution >= 4 is 5.91 Å². The lowest BCUT2D eigenvalue weighted by atomic mass is 10.1. The average Bonchev–Trinajstić information content (AvgIpc) is 3.03. The molecule has 0 saturated carbocycles. The summed E-state index contributed by atoms with van der Waals surface area (Å²) >= 11 is 0. The lowest BCUT2D eigenvalue weighted by Gasteiger charge is -2.12. The second-order valence-electron chi connectivity index (χ2n) is 4.96. The van der Waals surface area contributed by atoms with E-state index < -0.39 is 6.04 Å². The van der Waals surface area contributed by atoms with Gasteiger partial charge in [0.15, 0.2) is 0 Å². The highest BCUT2D eigenvalue weighted by Gasteiger charge is 2.12. The van der Waals surface area contributed by atoms with Crippen LogP contribution in [0.2, 0.25) is 0 Å². The Kier molecular flexibility index (Phi) is 5.90. The number of benzene rings is 1. The highest BCUT2D eigenvalue weighted by molar-refractivity contribution is 5.81. The maximum absolute atomic E-state index is 11.9. The Labute approximate surface area is 124 Å². The van der Waals surface area contributed by atoms with E-state index >= 15 is 0 Å². The van der Waals surface area contributed by atoms with Gasteiger partial charge in [0.05, 0.1) is 6.04 Å². The molecule has 1 heterocycles. The zero-order valence-corrected chi connectivity index (χ0v) is 12.0. The summed E-state index contributed by atoms with van der Waals surface area (Å²) in [4.78, 5) is 15.9. The van der Waals surface area contributed by atoms with E-state index in [0.717, 1.165) is 25.1 Å². The van der Waals surface area contributed by atoms with Gasteiger partial charge in [-0.15, -0.1) is 0 Å². The highest BCUT2D eigenvalue weighted by atomic mass is 16.2. The van der Waals surface area contributed by atoms with Crippen LogP contribution in [-0.2, 0) is 17.6 Å². The molecule has 0 aliphatic carbocycles. The second-order valence-corrected chi connectivity index (χ2v) is 4.96. The molecule has 0 bridgehead atoms. The molecule has 112 valence electrons. The van der Waals surface area contributed by atoms with Gasteiger partial charge in [-0.2, -0.15) is 5.10 Å². The second kappa shape index (κ2) is 8.16. The molecule has 0 saturated heterocycles. The summed E-state index contributed by atoms with van der Waals surface area (Å²) in [5.41, 5.74) is 7.10. The number of carbonyl (C=O) groups is 1. The topological polar surface area (TPSA) is 96.7 Å². The van der Waals surface area contributed by atoms with Crippen molar-refractivity contribution in [3.8, 4) is 0 Å². The maximum atomic E-state index is 11.9. The van der Waals surface area contributed by atoms with Crippen LogP contribution in [-0.4, -0.2) is 33.7 Å². The van der Waals surface area contributed by atoms with E-state index in [9.17, 15) is 4.79 Å². The van der Waals surface area contributed by atoms with E-state index in [1.807, 2.05) is 30.3 Å². The van der Waals surface area contributed by atoms with Crippen molar-refractivity contribution in [2.45, 2.75) is 31.7 Å². The van der Waals surface area contributed by atoms with Gasteiger partial charge in [0.1, 0.15) is 12.2 Å². The minimum Gasteiger partial charge on any atom is -0.355 e. The number of nitrogens with one attached hydrogen (secondary N) is 2. The molecule has 0 aliphatic rings. The molecular formula is C15H21N5O. The Balaban J connectivity index is 1.61. The van der Waals surface area contributed by atoms with Crippen LogP contribution < -0.4 is 11.1 Å². The van der Waals surface area contributed by atoms with Crippen LogP contribution in [0.15, 0.2) is 36.7 Å². The van der Waals surface area contributed by atoms with Crippen molar-refractivity contribution in [3.63, 3.8) is 0 Å². The molecule has 1 aromatic carbocycles. The third-order valence-electron chi connectivity index (χ3n) is 3.28. The molecule has 6 nitrogen and oxygen atoms in total. The Bertz CT molecular complexity index is 526. The lowest BCUT2D eigenvalue weighted by Crippen LogP contribution is -2.41. The molecule has 0 spiro atoms. The van der Waals surface area contributed by atoms with E-state index in [0.29, 0.717) is 13.0 Å². The van der Waals surface area contributed by atoms with Crippen LogP contribution in [0.4, 0.5) is 0 Å². The maximum Gasteiger partial charge on any atom is 0.236 e. The van der Waals surface area contributed by atoms with E-state index in [-0.39, 0.29) is 5.91 Å². The fourth-order valence-electron chi connectivity index (χ4n) is 2.05. The zero-order chi connectivity index (χ0) is 14.9. The van der Waals surface area contributed by atoms with E-state index in [1.165, 1.54) is 11.9 Å². The third kappa shape index (κ3) is 5.35. The first kappa shape index (κ1) is 15.2. The number of hydrogen-bond acceptors (Lipinski definition) is 4. The summed E-state index contributed by atoms with van der Waals surface area (Å²) < 4.78 is 0. The Hall–Kier alpha value is -2.21. The average molecular weight is 287 g/mol. The first-order chi connectivity index (χ1) is 10.3. The number of aryl methyl sites for hydroxylation is 2. The number of amides is 1. The van der Waals surface area contributed by atoms with Crippen LogP contribution in [0, 0.1) is 0 Å². The van der Waals surface area contributed by atoms with Gasteiger partial charge in [-0.1, -0.05) is 30.3 Å². The molecule has 0 aliphatic heterocycles. The number of nitrogens with zero attached hydrogens (tertiary/aromatic N) is 2. The number of H-pyrrole nitrogens is 1. The van der Waals surface area contributed by atoms with Gasteiger partial charge in [0.25, 0.3) is 0 Å². The first-order valence-corrected chi connectivity index (χ1v) is 7.17. The van der Waals surface area contributed by atoms with Crippen LogP contribution in [0.25, 0.3) is 0 Å². The van der Waals surface area contributed by atoms with Crippen LogP contribution in [0.5, 0.6) is 0 Å². The minimum atomic E-state index is -0.463. The molecule has 4 N–H and O–H groups in total. The van der Waals surface area contributed by atoms with Gasteiger partial charge in [-0.25, -0.2) is 4.98 Å². The van der Waals surface area contributed by atoms with Gasteiger partial charge in [-0.05, 0) is 24.8 Å². The molecule has 2 aromatic rings. The molecule has 0 unspecified atom stereocenters. The van der Waals surface area contributed by atoms with Gasteiger partial charge in [0, 0.05) is 13.0 Å². The predicted octanol–water partition coefficient (Wildman–Crippen LogP) is 0.814. The largest absolute Gasteiger partial charge is 0.355 e. The Morgan fingerprint density at radius 2 is 2.10 bits per heavy atom. The van der Waals surface area contributed by atoms with Crippen molar-refractivity contribution in [3.05, 3.63) is 48.0 Å². The first-order valence-electron chi connectivity index (χ1n) is 7.17. The standard InChI is InChI=1S/C15H21N5O/c16-13(9-8-12-5-2-1-3-6-12)15(21)17-10-4-7-14-18-11-19-20-14/h1-3,5-6,11,13H,4,7-10,16H2,(H,17,21)(H,18,19,20)/t13-/m0/s1. The van der Waals surface area contributed by atoms with Crippen LogP contribution >= 0.6 is 0 Å². The molecule has 0 fully saturated rings. The quantitative estimate of drug-likeness (QED) is 0.626. The van der Waals surface area contributed by atoms with E-state index in [1.54, 1.807) is 0 Å². The molecule has 2 rings (SSSR count). The molecule has 21 heavy (non-hydrogen) atoms. The molecule has 1 amide bonds. The molecule has 1 atom stereocenters. The van der Waals surface area contributed by atoms with Gasteiger partial charge in [-0.3, -0.25) is 9.89 Å². The van der Waals surface area contributed by atoms with Gasteiger partial charge < -0.3 is 11.1 Å². The number of nitrogens with two attached hydrogens (primary N) is 1. The summed E-state index contributed by atoms with van der Waals surface area (Å²) in [6.07, 6.45) is 4.52. The molecule has 1 aromatic heterocycles. The van der Waals surface area contributed by atoms with Crippen LogP contribution in [0.1, 0.15) is 24.2 Å². The van der Waals surface area contributed by atoms with E-state index in [2.05, 4.69) is 20.5 Å². The Morgan fingerprint density at radius 1 is 1.29 bits per heavy atom. The van der Waals surface area contributed by atoms with E-state index in [4.69, 9.17) is 5.73 Å². The lowest BCUT2D eigenvalue weighted by molar-refractivity contribution is -0.122. The monoisotopic (exact) mass is 287 g/mol. The van der Waals surface area contributed by atoms with Crippen molar-refractivity contribution in [1.82, 2.24) is 20.5 Å². The van der Waals surface area contributed by atoms with Crippen molar-refractivity contribution in [2.75, 3.05) is 6.54 Å². The minimum absolute atomic E-state index is 0.0940. The summed E-state index contributed by atoms with van der Waals surface area (Å²) in [6.45, 7) is 0.596. The normalized spacial score (nSPS) is 12.0. The third-order valence-corrected chi connectivity index (χ3v) is 3.28. The van der Waals surface area contributed by atoms with Gasteiger partial charge in [0.2, 0.25) is 5.91 Å². The number of carbonyl (C=O) groups excluding carboxylic acids is 1. The summed E-state index contributed by atoms with van der Waals surface area (Å²) in [5, 5.41) is 9.42.